The Kier molecular flexibility index (Phi) is 16.3. The second-order valence-corrected chi connectivity index (χ2v) is 32.5. The van der Waals surface area contributed by atoms with Gasteiger partial charge in [0.05, 0.1) is 29.5 Å². The average Bonchev–Trinajstić information content (AvgIpc) is 3.73. The molecule has 1 heterocycles. The number of benzene rings is 8. The van der Waals surface area contributed by atoms with Crippen LogP contribution in [0.2, 0.25) is 10.1 Å². The van der Waals surface area contributed by atoms with Crippen molar-refractivity contribution >= 4 is 74.9 Å². The van der Waals surface area contributed by atoms with E-state index in [9.17, 15) is 0 Å². The molecule has 0 amide bonds. The van der Waals surface area contributed by atoms with E-state index in [1.54, 1.807) is 0 Å². The Hall–Kier alpha value is -5.15. The number of hydrogen-bond acceptors (Lipinski definition) is 5. The first-order valence-corrected chi connectivity index (χ1v) is 31.1. The maximum Gasteiger partial charge on any atom is 0.261 e. The van der Waals surface area contributed by atoms with E-state index in [0.29, 0.717) is 0 Å². The predicted octanol–water partition coefficient (Wildman–Crippen LogP) is 10.8. The Morgan fingerprint density at radius 2 is 0.549 bits per heavy atom. The van der Waals surface area contributed by atoms with Gasteiger partial charge in [-0.05, 0) is 30.8 Å². The summed E-state index contributed by atoms with van der Waals surface area (Å²) in [6.45, 7) is 14.5. The van der Waals surface area contributed by atoms with Crippen LogP contribution in [-0.4, -0.2) is 54.3 Å². The van der Waals surface area contributed by atoms with Gasteiger partial charge in [0.25, 0.3) is 16.6 Å². The highest BCUT2D eigenvalue weighted by molar-refractivity contribution is 7.69. The van der Waals surface area contributed by atoms with Crippen molar-refractivity contribution in [3.05, 3.63) is 243 Å². The van der Waals surface area contributed by atoms with E-state index in [1.807, 2.05) is 0 Å². The molecular formula is C62H66O5P2Si2. The minimum atomic E-state index is -3.05. The summed E-state index contributed by atoms with van der Waals surface area (Å²) in [5.41, 5.74) is 0. The van der Waals surface area contributed by atoms with E-state index >= 15 is 0 Å². The predicted molar refractivity (Wildman–Crippen MR) is 304 cm³/mol. The summed E-state index contributed by atoms with van der Waals surface area (Å²) in [5, 5.41) is 8.76. The Morgan fingerprint density at radius 3 is 0.761 bits per heavy atom. The zero-order chi connectivity index (χ0) is 49.3. The zero-order valence-electron chi connectivity index (χ0n) is 41.8. The molecule has 0 bridgehead atoms. The van der Waals surface area contributed by atoms with Crippen molar-refractivity contribution in [1.29, 1.82) is 0 Å². The van der Waals surface area contributed by atoms with Crippen molar-refractivity contribution in [1.82, 2.24) is 0 Å². The van der Waals surface area contributed by atoms with Gasteiger partial charge in [-0.25, -0.2) is 0 Å². The zero-order valence-corrected chi connectivity index (χ0v) is 45.5. The molecule has 0 unspecified atom stereocenters. The average molecular weight is 1010 g/mol. The van der Waals surface area contributed by atoms with Crippen LogP contribution in [0.1, 0.15) is 41.5 Å². The molecule has 4 atom stereocenters. The Balaban J connectivity index is 1.22. The van der Waals surface area contributed by atoms with Crippen molar-refractivity contribution < 1.29 is 22.6 Å². The van der Waals surface area contributed by atoms with Gasteiger partial charge in [-0.15, -0.1) is 0 Å². The van der Waals surface area contributed by atoms with Crippen molar-refractivity contribution in [3.63, 3.8) is 0 Å². The van der Waals surface area contributed by atoms with Crippen LogP contribution in [0.25, 0.3) is 0 Å². The molecule has 0 radical (unpaired) electrons. The Morgan fingerprint density at radius 1 is 0.338 bits per heavy atom. The summed E-state index contributed by atoms with van der Waals surface area (Å²) in [7, 11) is -8.83. The van der Waals surface area contributed by atoms with Gasteiger partial charge in [0.1, 0.15) is 24.4 Å². The van der Waals surface area contributed by atoms with Gasteiger partial charge < -0.3 is 22.6 Å². The van der Waals surface area contributed by atoms with Gasteiger partial charge >= 0.3 is 0 Å². The molecule has 0 aromatic heterocycles. The highest BCUT2D eigenvalue weighted by atomic mass is 31.1. The molecule has 1 aliphatic rings. The molecule has 8 aromatic rings. The first kappa shape index (κ1) is 50.8. The quantitative estimate of drug-likeness (QED) is 0.0633. The third kappa shape index (κ3) is 11.0. The van der Waals surface area contributed by atoms with Crippen LogP contribution < -0.4 is 42.0 Å². The fourth-order valence-electron chi connectivity index (χ4n) is 10.3. The lowest BCUT2D eigenvalue weighted by molar-refractivity contribution is -0.0292. The van der Waals surface area contributed by atoms with Crippen molar-refractivity contribution in [2.75, 3.05) is 13.2 Å². The van der Waals surface area contributed by atoms with Gasteiger partial charge in [0.2, 0.25) is 0 Å². The van der Waals surface area contributed by atoms with Gasteiger partial charge in [0, 0.05) is 21.2 Å². The SMILES string of the molecule is CC(C)(C)[Si](OC[C@H]1O[C@H](CO[Si](c2ccccc2)(c2ccccc2)C(C)(C)C)[C@@H](OP(c2ccccc2)c2ccccc2)[C@@H]1OP(c1ccccc1)c1ccccc1)(c1ccccc1)c1ccccc1. The lowest BCUT2D eigenvalue weighted by atomic mass is 10.1. The molecular weight excluding hydrogens is 943 g/mol. The number of ether oxygens (including phenoxy) is 1. The molecule has 1 saturated heterocycles. The standard InChI is InChI=1S/C62H66O5P2Si2/c1-61(2,3)70(53-39-23-11-24-40-53,54-41-25-12-26-42-54)63-47-57-59(66-68(49-31-15-7-16-32-49)50-33-17-8-18-34-50)60(67-69(51-35-19-9-20-36-51)52-37-21-10-22-38-52)58(65-57)48-64-71(62(4,5)6,55-43-27-13-28-44-55)56-45-29-14-30-46-56/h7-46,57-60H,47-48H2,1-6H3/t57-,58-,59-,60-/m1/s1. The van der Waals surface area contributed by atoms with Crippen molar-refractivity contribution in [3.8, 4) is 0 Å². The second kappa shape index (κ2) is 22.7. The second-order valence-electron chi connectivity index (χ2n) is 20.2. The topological polar surface area (TPSA) is 46.2 Å². The molecule has 1 fully saturated rings. The van der Waals surface area contributed by atoms with Crippen LogP contribution in [-0.2, 0) is 22.6 Å². The molecule has 0 spiro atoms. The van der Waals surface area contributed by atoms with E-state index < -0.39 is 57.3 Å². The minimum absolute atomic E-state index is 0.262. The highest BCUT2D eigenvalue weighted by Gasteiger charge is 2.56. The summed E-state index contributed by atoms with van der Waals surface area (Å²) < 4.78 is 39.1. The van der Waals surface area contributed by atoms with E-state index in [-0.39, 0.29) is 23.3 Å². The molecule has 0 aliphatic carbocycles. The maximum absolute atomic E-state index is 7.86. The third-order valence-electron chi connectivity index (χ3n) is 13.6. The smallest absolute Gasteiger partial charge is 0.261 e. The molecule has 362 valence electrons. The fraction of sp³-hybridized carbons (Fsp3) is 0.226. The first-order valence-electron chi connectivity index (χ1n) is 24.8. The lowest BCUT2D eigenvalue weighted by Crippen LogP contribution is -2.67. The molecule has 0 saturated carbocycles. The van der Waals surface area contributed by atoms with E-state index in [0.717, 1.165) is 21.2 Å². The van der Waals surface area contributed by atoms with Gasteiger partial charge in [-0.2, -0.15) is 0 Å². The van der Waals surface area contributed by atoms with E-state index in [1.165, 1.54) is 20.7 Å². The van der Waals surface area contributed by atoms with Crippen LogP contribution in [0, 0.1) is 0 Å². The lowest BCUT2D eigenvalue weighted by Gasteiger charge is -2.44. The first-order chi connectivity index (χ1) is 34.5. The molecule has 1 aliphatic heterocycles. The maximum atomic E-state index is 7.86. The van der Waals surface area contributed by atoms with Crippen molar-refractivity contribution in [2.24, 2.45) is 0 Å². The third-order valence-corrected chi connectivity index (χ3v) is 27.6. The van der Waals surface area contributed by atoms with Gasteiger partial charge in [-0.3, -0.25) is 0 Å². The Bertz CT molecular complexity index is 2480. The summed E-state index contributed by atoms with van der Waals surface area (Å²) in [6, 6.07) is 86.0. The largest absolute Gasteiger partial charge is 0.405 e. The fourth-order valence-corrected chi connectivity index (χ4v) is 23.3. The summed E-state index contributed by atoms with van der Waals surface area (Å²) in [5.74, 6) is 0. The highest BCUT2D eigenvalue weighted by Crippen LogP contribution is 2.48. The summed E-state index contributed by atoms with van der Waals surface area (Å²) in [6.07, 6.45) is -2.25. The molecule has 71 heavy (non-hydrogen) atoms. The van der Waals surface area contributed by atoms with Gasteiger partial charge in [-0.1, -0.05) is 284 Å². The van der Waals surface area contributed by atoms with Crippen LogP contribution in [0.3, 0.4) is 0 Å². The van der Waals surface area contributed by atoms with Crippen LogP contribution in [0.5, 0.6) is 0 Å². The molecule has 8 aromatic carbocycles. The summed E-state index contributed by atoms with van der Waals surface area (Å²) in [4.78, 5) is 0. The van der Waals surface area contributed by atoms with Crippen molar-refractivity contribution in [2.45, 2.75) is 76.0 Å². The van der Waals surface area contributed by atoms with Crippen LogP contribution in [0.4, 0.5) is 0 Å². The molecule has 9 rings (SSSR count). The van der Waals surface area contributed by atoms with E-state index in [2.05, 4.69) is 284 Å². The molecule has 0 N–H and O–H groups in total. The minimum Gasteiger partial charge on any atom is -0.405 e. The van der Waals surface area contributed by atoms with Gasteiger partial charge in [0.15, 0.2) is 0 Å². The number of rotatable bonds is 18. The van der Waals surface area contributed by atoms with Crippen LogP contribution in [0.15, 0.2) is 243 Å². The van der Waals surface area contributed by atoms with Crippen LogP contribution >= 0.6 is 16.3 Å². The Labute approximate surface area is 427 Å². The normalized spacial score (nSPS) is 17.7. The summed E-state index contributed by atoms with van der Waals surface area (Å²) >= 11 is 0. The van der Waals surface area contributed by atoms with E-state index in [4.69, 9.17) is 22.6 Å². The molecule has 9 heteroatoms. The monoisotopic (exact) mass is 1010 g/mol. The molecule has 5 nitrogen and oxygen atoms in total. The number of hydrogen-bond donors (Lipinski definition) is 0.